The molecule has 0 atom stereocenters. The Kier molecular flexibility index (Phi) is 35.1. The van der Waals surface area contributed by atoms with Crippen molar-refractivity contribution >= 4 is 0 Å². The van der Waals surface area contributed by atoms with Crippen LogP contribution in [0, 0.1) is 0 Å². The molecule has 0 bridgehead atoms. The Labute approximate surface area is 149 Å². The van der Waals surface area contributed by atoms with Crippen molar-refractivity contribution in [2.45, 2.75) is 0 Å². The molecule has 2 aromatic carbocycles. The van der Waals surface area contributed by atoms with Crippen LogP contribution in [0.15, 0.2) is 60.7 Å². The first-order chi connectivity index (χ1) is 5.00. The molecule has 2 aromatic rings. The van der Waals surface area contributed by atoms with Crippen LogP contribution in [0.3, 0.4) is 0 Å². The van der Waals surface area contributed by atoms with Gasteiger partial charge in [-0.2, -0.15) is 36.4 Å². The molecular formula is C10H10I3V-5. The minimum atomic E-state index is 0. The fourth-order valence-electron chi connectivity index (χ4n) is 0.642. The van der Waals surface area contributed by atoms with Crippen molar-refractivity contribution in [1.82, 2.24) is 0 Å². The molecule has 0 aliphatic carbocycles. The van der Waals surface area contributed by atoms with Gasteiger partial charge in [0.1, 0.15) is 0 Å². The zero-order valence-electron chi connectivity index (χ0n) is 7.35. The largest absolute Gasteiger partial charge is 1.00 e. The van der Waals surface area contributed by atoms with E-state index in [0.29, 0.717) is 0 Å². The average Bonchev–Trinajstić information content (AvgIpc) is 2.67. The van der Waals surface area contributed by atoms with E-state index in [-0.39, 0.29) is 90.5 Å². The number of halogens is 3. The minimum Gasteiger partial charge on any atom is -1.00 e. The number of rotatable bonds is 0. The standard InChI is InChI=1S/2C5H5.3HI.V/c2*1-2-4-5-3-1;;;;/h2*1-5H;3*1H;/q2*-1;;;;/p-3. The summed E-state index contributed by atoms with van der Waals surface area (Å²) in [6, 6.07) is 20.0. The summed E-state index contributed by atoms with van der Waals surface area (Å²) in [4.78, 5) is 0. The van der Waals surface area contributed by atoms with E-state index in [4.69, 9.17) is 0 Å². The molecule has 1 radical (unpaired) electrons. The smallest absolute Gasteiger partial charge is 0 e. The van der Waals surface area contributed by atoms with Crippen molar-refractivity contribution in [2.24, 2.45) is 0 Å². The van der Waals surface area contributed by atoms with Gasteiger partial charge in [0.15, 0.2) is 0 Å². The summed E-state index contributed by atoms with van der Waals surface area (Å²) in [5.41, 5.74) is 0. The average molecular weight is 562 g/mol. The monoisotopic (exact) mass is 562 g/mol. The van der Waals surface area contributed by atoms with E-state index in [1.165, 1.54) is 0 Å². The van der Waals surface area contributed by atoms with Crippen molar-refractivity contribution in [3.05, 3.63) is 60.7 Å². The molecule has 0 N–H and O–H groups in total. The van der Waals surface area contributed by atoms with Gasteiger partial charge in [-0.05, 0) is 0 Å². The van der Waals surface area contributed by atoms with Gasteiger partial charge < -0.3 is 71.9 Å². The van der Waals surface area contributed by atoms with Crippen LogP contribution in [-0.2, 0) is 18.6 Å². The van der Waals surface area contributed by atoms with Gasteiger partial charge in [-0.15, -0.1) is 0 Å². The van der Waals surface area contributed by atoms with Crippen LogP contribution in [0.2, 0.25) is 0 Å². The topological polar surface area (TPSA) is 0 Å². The van der Waals surface area contributed by atoms with E-state index in [1.54, 1.807) is 0 Å². The zero-order valence-corrected chi connectivity index (χ0v) is 15.2. The van der Waals surface area contributed by atoms with Gasteiger partial charge in [0, 0.05) is 18.6 Å². The minimum absolute atomic E-state index is 0. The van der Waals surface area contributed by atoms with Gasteiger partial charge in [-0.25, -0.2) is 24.3 Å². The summed E-state index contributed by atoms with van der Waals surface area (Å²) in [6.45, 7) is 0. The Balaban J connectivity index is -0.0000000556. The van der Waals surface area contributed by atoms with Gasteiger partial charge in [-0.1, -0.05) is 0 Å². The predicted octanol–water partition coefficient (Wildman–Crippen LogP) is -6.18. The van der Waals surface area contributed by atoms with Crippen LogP contribution < -0.4 is 71.9 Å². The molecule has 0 aromatic heterocycles. The molecule has 0 spiro atoms. The first-order valence-electron chi connectivity index (χ1n) is 3.33. The van der Waals surface area contributed by atoms with Crippen molar-refractivity contribution in [2.75, 3.05) is 0 Å². The second-order valence-electron chi connectivity index (χ2n) is 1.92. The Morgan fingerprint density at radius 1 is 0.500 bits per heavy atom. The first kappa shape index (κ1) is 24.6. The number of hydrogen-bond acceptors (Lipinski definition) is 0. The summed E-state index contributed by atoms with van der Waals surface area (Å²) < 4.78 is 0. The second-order valence-corrected chi connectivity index (χ2v) is 1.92. The van der Waals surface area contributed by atoms with Crippen LogP contribution in [0.4, 0.5) is 0 Å². The van der Waals surface area contributed by atoms with Crippen LogP contribution in [0.1, 0.15) is 0 Å². The normalized spacial score (nSPS) is 5.71. The van der Waals surface area contributed by atoms with Gasteiger partial charge >= 0.3 is 0 Å². The molecule has 81 valence electrons. The molecule has 0 aliphatic rings. The summed E-state index contributed by atoms with van der Waals surface area (Å²) in [5.74, 6) is 0. The van der Waals surface area contributed by atoms with Gasteiger partial charge in [0.05, 0.1) is 0 Å². The molecule has 0 saturated heterocycles. The van der Waals surface area contributed by atoms with Crippen LogP contribution in [0.5, 0.6) is 0 Å². The van der Waals surface area contributed by atoms with E-state index in [0.717, 1.165) is 0 Å². The van der Waals surface area contributed by atoms with Crippen molar-refractivity contribution in [1.29, 1.82) is 0 Å². The van der Waals surface area contributed by atoms with E-state index in [9.17, 15) is 0 Å². The SMILES string of the molecule is [I-].[I-].[I-].[V].c1cc[cH-]c1.c1cc[cH-]c1. The Bertz CT molecular complexity index is 155. The van der Waals surface area contributed by atoms with Gasteiger partial charge in [0.25, 0.3) is 0 Å². The van der Waals surface area contributed by atoms with E-state index >= 15 is 0 Å². The summed E-state index contributed by atoms with van der Waals surface area (Å²) in [5, 5.41) is 0. The Morgan fingerprint density at radius 3 is 0.786 bits per heavy atom. The molecule has 4 heteroatoms. The first-order valence-corrected chi connectivity index (χ1v) is 3.33. The third-order valence-corrected chi connectivity index (χ3v) is 1.11. The van der Waals surface area contributed by atoms with Crippen molar-refractivity contribution < 1.29 is 90.5 Å². The zero-order chi connectivity index (χ0) is 7.07. The molecule has 0 nitrogen and oxygen atoms in total. The molecule has 0 amide bonds. The molecule has 0 fully saturated rings. The fourth-order valence-corrected chi connectivity index (χ4v) is 0.642. The van der Waals surface area contributed by atoms with Gasteiger partial charge in [0.2, 0.25) is 0 Å². The predicted molar refractivity (Wildman–Crippen MR) is 44.1 cm³/mol. The molecular weight excluding hydrogens is 552 g/mol. The molecule has 14 heavy (non-hydrogen) atoms. The van der Waals surface area contributed by atoms with E-state index in [1.807, 2.05) is 60.7 Å². The molecule has 0 unspecified atom stereocenters. The Morgan fingerprint density at radius 2 is 0.714 bits per heavy atom. The van der Waals surface area contributed by atoms with Crippen molar-refractivity contribution in [3.8, 4) is 0 Å². The maximum Gasteiger partial charge on any atom is 0 e. The fraction of sp³-hybridized carbons (Fsp3) is 0. The van der Waals surface area contributed by atoms with Crippen LogP contribution >= 0.6 is 0 Å². The Hall–Kier alpha value is 1.47. The van der Waals surface area contributed by atoms with Crippen molar-refractivity contribution in [3.63, 3.8) is 0 Å². The molecule has 2 rings (SSSR count). The summed E-state index contributed by atoms with van der Waals surface area (Å²) in [6.07, 6.45) is 0. The second kappa shape index (κ2) is 20.0. The van der Waals surface area contributed by atoms with Crippen LogP contribution in [0.25, 0.3) is 0 Å². The van der Waals surface area contributed by atoms with E-state index < -0.39 is 0 Å². The number of hydrogen-bond donors (Lipinski definition) is 0. The third kappa shape index (κ3) is 15.9. The molecule has 0 heterocycles. The summed E-state index contributed by atoms with van der Waals surface area (Å²) in [7, 11) is 0. The maximum atomic E-state index is 2.00. The third-order valence-electron chi connectivity index (χ3n) is 1.11. The van der Waals surface area contributed by atoms with Crippen LogP contribution in [-0.4, -0.2) is 0 Å². The quantitative estimate of drug-likeness (QED) is 0.222. The summed E-state index contributed by atoms with van der Waals surface area (Å²) >= 11 is 0. The van der Waals surface area contributed by atoms with Gasteiger partial charge in [-0.3, -0.25) is 0 Å². The van der Waals surface area contributed by atoms with E-state index in [2.05, 4.69) is 0 Å². The molecule has 0 aliphatic heterocycles. The maximum absolute atomic E-state index is 2.00. The molecule has 0 saturated carbocycles.